The monoisotopic (exact) mass is 269 g/mol. The molecular weight excluding hydrogens is 250 g/mol. The molecule has 0 aliphatic heterocycles. The molecule has 1 aromatic rings. The van der Waals surface area contributed by atoms with Crippen LogP contribution in [0.15, 0.2) is 18.2 Å². The van der Waals surface area contributed by atoms with Crippen molar-refractivity contribution in [2.45, 2.75) is 50.8 Å². The van der Waals surface area contributed by atoms with E-state index in [1.165, 1.54) is 6.42 Å². The summed E-state index contributed by atoms with van der Waals surface area (Å²) in [5.41, 5.74) is 0.777. The minimum Gasteiger partial charge on any atom is -0.508 e. The Hall–Kier alpha value is -0.770. The molecule has 2 rings (SSSR count). The third kappa shape index (κ3) is 3.61. The van der Waals surface area contributed by atoms with Gasteiger partial charge in [-0.15, -0.1) is 0 Å². The van der Waals surface area contributed by atoms with Crippen LogP contribution >= 0.6 is 11.6 Å². The van der Waals surface area contributed by atoms with Gasteiger partial charge in [0.2, 0.25) is 0 Å². The Labute approximate surface area is 113 Å². The minimum atomic E-state index is -0.283. The van der Waals surface area contributed by atoms with Crippen molar-refractivity contribution in [3.8, 4) is 5.75 Å². The highest BCUT2D eigenvalue weighted by Gasteiger charge is 2.21. The summed E-state index contributed by atoms with van der Waals surface area (Å²) in [6, 6.07) is 5.14. The van der Waals surface area contributed by atoms with Crippen LogP contribution in [0.4, 0.5) is 0 Å². The zero-order valence-electron chi connectivity index (χ0n) is 10.4. The van der Waals surface area contributed by atoms with E-state index in [4.69, 9.17) is 11.6 Å². The van der Waals surface area contributed by atoms with Gasteiger partial charge >= 0.3 is 0 Å². The summed E-state index contributed by atoms with van der Waals surface area (Å²) in [4.78, 5) is 0. The van der Waals surface area contributed by atoms with Crippen LogP contribution in [-0.2, 0) is 6.54 Å². The Morgan fingerprint density at radius 3 is 2.83 bits per heavy atom. The summed E-state index contributed by atoms with van der Waals surface area (Å²) in [5.74, 6) is 0.245. The van der Waals surface area contributed by atoms with Gasteiger partial charge in [0, 0.05) is 23.2 Å². The lowest BCUT2D eigenvalue weighted by molar-refractivity contribution is 0.119. The zero-order valence-corrected chi connectivity index (χ0v) is 11.2. The van der Waals surface area contributed by atoms with Crippen molar-refractivity contribution in [1.29, 1.82) is 0 Å². The van der Waals surface area contributed by atoms with Gasteiger partial charge in [0.1, 0.15) is 5.75 Å². The Morgan fingerprint density at radius 1 is 1.22 bits per heavy atom. The molecule has 0 amide bonds. The van der Waals surface area contributed by atoms with Crippen LogP contribution in [0.1, 0.15) is 37.7 Å². The van der Waals surface area contributed by atoms with Crippen molar-refractivity contribution in [3.05, 3.63) is 28.8 Å². The van der Waals surface area contributed by atoms with Crippen LogP contribution in [0.3, 0.4) is 0 Å². The van der Waals surface area contributed by atoms with E-state index in [1.54, 1.807) is 18.2 Å². The fourth-order valence-electron chi connectivity index (χ4n) is 2.46. The van der Waals surface area contributed by atoms with Gasteiger partial charge in [-0.25, -0.2) is 0 Å². The van der Waals surface area contributed by atoms with Gasteiger partial charge in [-0.1, -0.05) is 30.9 Å². The fourth-order valence-corrected chi connectivity index (χ4v) is 2.66. The molecule has 0 aromatic heterocycles. The lowest BCUT2D eigenvalue weighted by Crippen LogP contribution is -2.38. The van der Waals surface area contributed by atoms with Crippen molar-refractivity contribution >= 4 is 11.6 Å². The molecule has 0 saturated heterocycles. The molecule has 0 bridgehead atoms. The number of phenols is 1. The summed E-state index contributed by atoms with van der Waals surface area (Å²) < 4.78 is 0. The molecule has 4 heteroatoms. The van der Waals surface area contributed by atoms with E-state index in [-0.39, 0.29) is 17.9 Å². The molecule has 1 aliphatic rings. The standard InChI is InChI=1S/C14H20ClNO2/c15-11-6-7-13(17)10(8-11)9-16-12-4-2-1-3-5-14(12)18/h6-8,12,14,16-18H,1-5,9H2. The molecule has 3 N–H and O–H groups in total. The van der Waals surface area contributed by atoms with E-state index in [9.17, 15) is 10.2 Å². The second kappa shape index (κ2) is 6.41. The van der Waals surface area contributed by atoms with Crippen molar-refractivity contribution in [2.24, 2.45) is 0 Å². The van der Waals surface area contributed by atoms with Gasteiger partial charge in [-0.3, -0.25) is 0 Å². The van der Waals surface area contributed by atoms with Crippen molar-refractivity contribution in [3.63, 3.8) is 0 Å². The third-order valence-electron chi connectivity index (χ3n) is 3.58. The topological polar surface area (TPSA) is 52.5 Å². The molecule has 0 spiro atoms. The lowest BCUT2D eigenvalue weighted by atomic mass is 10.1. The molecule has 3 nitrogen and oxygen atoms in total. The van der Waals surface area contributed by atoms with Crippen molar-refractivity contribution in [1.82, 2.24) is 5.32 Å². The normalized spacial score (nSPS) is 24.8. The first kappa shape index (κ1) is 13.7. The maximum absolute atomic E-state index is 10.00. The Bertz CT molecular complexity index is 397. The van der Waals surface area contributed by atoms with E-state index in [0.29, 0.717) is 11.6 Å². The molecule has 2 atom stereocenters. The number of nitrogens with one attached hydrogen (secondary N) is 1. The smallest absolute Gasteiger partial charge is 0.120 e. The van der Waals surface area contributed by atoms with Gasteiger partial charge in [-0.2, -0.15) is 0 Å². The lowest BCUT2D eigenvalue weighted by Gasteiger charge is -2.22. The van der Waals surface area contributed by atoms with E-state index in [0.717, 1.165) is 31.2 Å². The van der Waals surface area contributed by atoms with E-state index in [1.807, 2.05) is 0 Å². The second-order valence-electron chi connectivity index (χ2n) is 4.97. The summed E-state index contributed by atoms with van der Waals surface area (Å²) in [7, 11) is 0. The number of aromatic hydroxyl groups is 1. The van der Waals surface area contributed by atoms with Crippen LogP contribution in [0.25, 0.3) is 0 Å². The first-order valence-corrected chi connectivity index (χ1v) is 6.93. The maximum atomic E-state index is 10.00. The first-order chi connectivity index (χ1) is 8.66. The predicted octanol–water partition coefficient (Wildman–Crippen LogP) is 2.83. The largest absolute Gasteiger partial charge is 0.508 e. The van der Waals surface area contributed by atoms with Gasteiger partial charge in [0.05, 0.1) is 6.10 Å². The molecule has 0 heterocycles. The van der Waals surface area contributed by atoms with Gasteiger partial charge in [0.15, 0.2) is 0 Å². The Morgan fingerprint density at radius 2 is 2.00 bits per heavy atom. The van der Waals surface area contributed by atoms with Crippen LogP contribution in [0.5, 0.6) is 5.75 Å². The molecule has 1 saturated carbocycles. The highest BCUT2D eigenvalue weighted by atomic mass is 35.5. The highest BCUT2D eigenvalue weighted by Crippen LogP contribution is 2.23. The number of aliphatic hydroxyl groups is 1. The van der Waals surface area contributed by atoms with Crippen LogP contribution in [-0.4, -0.2) is 22.4 Å². The highest BCUT2D eigenvalue weighted by molar-refractivity contribution is 6.30. The number of rotatable bonds is 3. The Kier molecular flexibility index (Phi) is 4.87. The third-order valence-corrected chi connectivity index (χ3v) is 3.81. The number of hydrogen-bond donors (Lipinski definition) is 3. The van der Waals surface area contributed by atoms with E-state index < -0.39 is 0 Å². The fraction of sp³-hybridized carbons (Fsp3) is 0.571. The molecule has 100 valence electrons. The summed E-state index contributed by atoms with van der Waals surface area (Å²) >= 11 is 5.90. The van der Waals surface area contributed by atoms with Crippen LogP contribution in [0.2, 0.25) is 5.02 Å². The number of hydrogen-bond acceptors (Lipinski definition) is 3. The SMILES string of the molecule is Oc1ccc(Cl)cc1CNC1CCCCCC1O. The van der Waals surface area contributed by atoms with Crippen molar-refractivity contribution in [2.75, 3.05) is 0 Å². The molecule has 1 aromatic carbocycles. The van der Waals surface area contributed by atoms with Crippen LogP contribution in [0, 0.1) is 0 Å². The number of halogens is 1. The summed E-state index contributed by atoms with van der Waals surface area (Å²) in [5, 5.41) is 23.7. The zero-order chi connectivity index (χ0) is 13.0. The predicted molar refractivity (Wildman–Crippen MR) is 72.8 cm³/mol. The van der Waals surface area contributed by atoms with Crippen molar-refractivity contribution < 1.29 is 10.2 Å². The van der Waals surface area contributed by atoms with E-state index in [2.05, 4.69) is 5.32 Å². The van der Waals surface area contributed by atoms with E-state index >= 15 is 0 Å². The average Bonchev–Trinajstić information content (AvgIpc) is 2.55. The summed E-state index contributed by atoms with van der Waals surface area (Å²) in [6.45, 7) is 0.536. The molecule has 18 heavy (non-hydrogen) atoms. The van der Waals surface area contributed by atoms with Gasteiger partial charge in [0.25, 0.3) is 0 Å². The molecule has 1 fully saturated rings. The number of aliphatic hydroxyl groups excluding tert-OH is 1. The second-order valence-corrected chi connectivity index (χ2v) is 5.40. The maximum Gasteiger partial charge on any atom is 0.120 e. The van der Waals surface area contributed by atoms with Gasteiger partial charge < -0.3 is 15.5 Å². The Balaban J connectivity index is 1.95. The quantitative estimate of drug-likeness (QED) is 0.740. The van der Waals surface area contributed by atoms with Crippen LogP contribution < -0.4 is 5.32 Å². The minimum absolute atomic E-state index is 0.117. The molecular formula is C14H20ClNO2. The average molecular weight is 270 g/mol. The number of phenolic OH excluding ortho intramolecular Hbond substituents is 1. The molecule has 0 radical (unpaired) electrons. The summed E-state index contributed by atoms with van der Waals surface area (Å²) in [6.07, 6.45) is 5.01. The molecule has 2 unspecified atom stereocenters. The van der Waals surface area contributed by atoms with Gasteiger partial charge in [-0.05, 0) is 31.0 Å². The number of benzene rings is 1. The first-order valence-electron chi connectivity index (χ1n) is 6.55. The molecule has 1 aliphatic carbocycles.